The number of fused-ring (bicyclic) bond motifs is 5. The molecule has 5 aliphatic rings. The number of nitrogens with one attached hydrogen (secondary N) is 1. The molecule has 4 aliphatic carbocycles. The van der Waals surface area contributed by atoms with Crippen LogP contribution in [0.2, 0.25) is 0 Å². The van der Waals surface area contributed by atoms with Crippen LogP contribution in [0.5, 0.6) is 11.5 Å². The number of benzene rings is 3. The quantitative estimate of drug-likeness (QED) is 0.0645. The molecule has 0 bridgehead atoms. The molecule has 0 spiro atoms. The van der Waals surface area contributed by atoms with Crippen molar-refractivity contribution in [1.82, 2.24) is 10.2 Å². The van der Waals surface area contributed by atoms with Crippen LogP contribution in [0.4, 0.5) is 4.79 Å². The third kappa shape index (κ3) is 11.0. The highest BCUT2D eigenvalue weighted by Gasteiger charge is 2.59. The molecule has 0 aromatic heterocycles. The molecule has 1 saturated heterocycles. The predicted molar refractivity (Wildman–Crippen MR) is 279 cm³/mol. The van der Waals surface area contributed by atoms with Crippen molar-refractivity contribution < 1.29 is 33.3 Å². The number of hydrogen-bond donors (Lipinski definition) is 1. The molecule has 9 heteroatoms. The van der Waals surface area contributed by atoms with Crippen LogP contribution in [0.1, 0.15) is 148 Å². The largest absolute Gasteiger partial charge is 0.497 e. The van der Waals surface area contributed by atoms with Crippen LogP contribution >= 0.6 is 0 Å². The molecule has 382 valence electrons. The maximum absolute atomic E-state index is 13.7. The number of rotatable bonds is 21. The lowest BCUT2D eigenvalue weighted by atomic mass is 9.47. The summed E-state index contributed by atoms with van der Waals surface area (Å²) in [5, 5.41) is 3.03. The highest BCUT2D eigenvalue weighted by atomic mass is 16.6. The number of ether oxygens (including phenoxy) is 5. The highest BCUT2D eigenvalue weighted by Crippen LogP contribution is 2.67. The van der Waals surface area contributed by atoms with E-state index in [2.05, 4.69) is 82.4 Å². The zero-order valence-corrected chi connectivity index (χ0v) is 44.0. The maximum Gasteiger partial charge on any atom is 0.407 e. The molecule has 1 heterocycles. The zero-order valence-electron chi connectivity index (χ0n) is 44.0. The summed E-state index contributed by atoms with van der Waals surface area (Å²) >= 11 is 0. The van der Waals surface area contributed by atoms with Crippen molar-refractivity contribution in [2.24, 2.45) is 52.3 Å². The van der Waals surface area contributed by atoms with Crippen LogP contribution in [0.3, 0.4) is 0 Å². The van der Waals surface area contributed by atoms with E-state index in [1.807, 2.05) is 47.4 Å². The molecule has 10 unspecified atom stereocenters. The van der Waals surface area contributed by atoms with Crippen molar-refractivity contribution in [2.75, 3.05) is 47.6 Å². The van der Waals surface area contributed by atoms with Gasteiger partial charge in [-0.3, -0.25) is 4.79 Å². The van der Waals surface area contributed by atoms with Gasteiger partial charge in [0, 0.05) is 45.5 Å². The number of unbranched alkanes of at least 4 members (excludes halogenated alkanes) is 2. The number of methoxy groups -OCH3 is 3. The topological polar surface area (TPSA) is 95.6 Å². The van der Waals surface area contributed by atoms with E-state index in [1.54, 1.807) is 26.9 Å². The van der Waals surface area contributed by atoms with Gasteiger partial charge in [0.2, 0.25) is 5.91 Å². The Morgan fingerprint density at radius 1 is 0.757 bits per heavy atom. The maximum atomic E-state index is 13.7. The van der Waals surface area contributed by atoms with Gasteiger partial charge in [-0.25, -0.2) is 4.79 Å². The fourth-order valence-corrected chi connectivity index (χ4v) is 14.7. The zero-order chi connectivity index (χ0) is 49.5. The molecule has 8 rings (SSSR count). The van der Waals surface area contributed by atoms with Crippen molar-refractivity contribution in [2.45, 2.75) is 149 Å². The number of carbonyl (C=O) groups excluding carboxylic acids is 2. The number of nitrogens with zero attached hydrogens (tertiary/aromatic N) is 1. The van der Waals surface area contributed by atoms with Gasteiger partial charge >= 0.3 is 6.09 Å². The molecule has 3 aromatic carbocycles. The van der Waals surface area contributed by atoms with E-state index in [1.165, 1.54) is 51.4 Å². The summed E-state index contributed by atoms with van der Waals surface area (Å²) in [5.74, 6) is 6.54. The van der Waals surface area contributed by atoms with Crippen LogP contribution < -0.4 is 14.8 Å². The molecule has 3 saturated carbocycles. The van der Waals surface area contributed by atoms with E-state index in [9.17, 15) is 9.59 Å². The van der Waals surface area contributed by atoms with Crippen LogP contribution in [-0.4, -0.2) is 76.7 Å². The Morgan fingerprint density at radius 3 is 2.10 bits per heavy atom. The van der Waals surface area contributed by atoms with Crippen LogP contribution in [0, 0.1) is 52.3 Å². The molecular weight excluding hydrogens is 873 g/mol. The lowest BCUT2D eigenvalue weighted by Gasteiger charge is -2.58. The first-order valence-electron chi connectivity index (χ1n) is 27.3. The average molecular weight is 959 g/mol. The molecular formula is C61H86N2O7. The first kappa shape index (κ1) is 52.0. The molecule has 3 aromatic rings. The third-order valence-electron chi connectivity index (χ3n) is 18.6. The molecule has 70 heavy (non-hydrogen) atoms. The number of likely N-dealkylation sites (tertiary alicyclic amines) is 1. The van der Waals surface area contributed by atoms with Crippen molar-refractivity contribution in [3.63, 3.8) is 0 Å². The second-order valence-corrected chi connectivity index (χ2v) is 22.9. The Kier molecular flexibility index (Phi) is 17.1. The van der Waals surface area contributed by atoms with Gasteiger partial charge < -0.3 is 33.9 Å². The van der Waals surface area contributed by atoms with Crippen LogP contribution in [0.25, 0.3) is 0 Å². The summed E-state index contributed by atoms with van der Waals surface area (Å²) in [4.78, 5) is 28.7. The average Bonchev–Trinajstić information content (AvgIpc) is 3.96. The molecule has 1 aliphatic heterocycles. The SMILES string of the molecule is COc1ccc(C(OCC2CN(C(=O)CCCCCNC(=O)OC3CCC4(C)C(=CCC5C4CCC4(C)C(C(C)CCCC(C)C)CCC54)C3)CC2OC)(c2ccccc2)c2ccc(OC)cc2)cc1. The second-order valence-electron chi connectivity index (χ2n) is 22.9. The van der Waals surface area contributed by atoms with E-state index in [0.717, 1.165) is 102 Å². The fraction of sp³-hybridized carbons (Fsp3) is 0.639. The summed E-state index contributed by atoms with van der Waals surface area (Å²) in [5.41, 5.74) is 4.25. The Bertz CT molecular complexity index is 2140. The van der Waals surface area contributed by atoms with Gasteiger partial charge in [0.1, 0.15) is 23.2 Å². The highest BCUT2D eigenvalue weighted by molar-refractivity contribution is 5.76. The summed E-state index contributed by atoms with van der Waals surface area (Å²) in [7, 11) is 5.06. The molecule has 10 atom stereocenters. The molecule has 4 fully saturated rings. The molecule has 1 N–H and O–H groups in total. The van der Waals surface area contributed by atoms with E-state index < -0.39 is 5.60 Å². The van der Waals surface area contributed by atoms with E-state index in [0.29, 0.717) is 38.1 Å². The van der Waals surface area contributed by atoms with E-state index >= 15 is 0 Å². The predicted octanol–water partition coefficient (Wildman–Crippen LogP) is 13.2. The van der Waals surface area contributed by atoms with Gasteiger partial charge in [0.05, 0.1) is 26.9 Å². The number of hydrogen-bond acceptors (Lipinski definition) is 7. The first-order chi connectivity index (χ1) is 33.8. The van der Waals surface area contributed by atoms with Crippen molar-refractivity contribution in [1.29, 1.82) is 0 Å². The summed E-state index contributed by atoms with van der Waals surface area (Å²) < 4.78 is 30.4. The van der Waals surface area contributed by atoms with Crippen molar-refractivity contribution in [3.8, 4) is 11.5 Å². The minimum absolute atomic E-state index is 0.0327. The van der Waals surface area contributed by atoms with Gasteiger partial charge in [0.15, 0.2) is 0 Å². The number of alkyl carbamates (subject to hydrolysis) is 1. The van der Waals surface area contributed by atoms with E-state index in [-0.39, 0.29) is 35.5 Å². The Balaban J connectivity index is 0.784. The van der Waals surface area contributed by atoms with Crippen LogP contribution in [0.15, 0.2) is 90.5 Å². The molecule has 9 nitrogen and oxygen atoms in total. The lowest BCUT2D eigenvalue weighted by Crippen LogP contribution is -2.51. The summed E-state index contributed by atoms with van der Waals surface area (Å²) in [6.07, 6.45) is 18.8. The first-order valence-corrected chi connectivity index (χ1v) is 27.3. The monoisotopic (exact) mass is 959 g/mol. The van der Waals surface area contributed by atoms with E-state index in [4.69, 9.17) is 23.7 Å². The van der Waals surface area contributed by atoms with Gasteiger partial charge in [-0.15, -0.1) is 0 Å². The Hall–Kier alpha value is -4.34. The smallest absolute Gasteiger partial charge is 0.407 e. The number of allylic oxidation sites excluding steroid dienone is 1. The van der Waals surface area contributed by atoms with Crippen molar-refractivity contribution >= 4 is 12.0 Å². The van der Waals surface area contributed by atoms with Gasteiger partial charge in [-0.2, -0.15) is 0 Å². The van der Waals surface area contributed by atoms with Gasteiger partial charge in [0.25, 0.3) is 0 Å². The minimum atomic E-state index is -0.951. The van der Waals surface area contributed by atoms with Crippen LogP contribution in [-0.2, 0) is 24.6 Å². The van der Waals surface area contributed by atoms with Gasteiger partial charge in [-0.1, -0.05) is 127 Å². The fourth-order valence-electron chi connectivity index (χ4n) is 14.7. The Morgan fingerprint density at radius 2 is 1.44 bits per heavy atom. The molecule has 2 amide bonds. The minimum Gasteiger partial charge on any atom is -0.497 e. The Labute approximate surface area is 421 Å². The number of amides is 2. The standard InChI is InChI=1S/C61H86N2O7/c1-42(2)16-15-17-43(3)53-31-32-54-52-30-25-48-38-51(33-35-59(48,4)55(52)34-36-60(53,54)5)70-58(65)62-37-14-10-13-20-57(64)63-39-44(56(40-63)68-8)41-69-61(45-18-11-9-12-19-45,46-21-26-49(66-6)27-22-46)47-23-28-50(67-7)29-24-47/h9,11-12,18-19,21-29,42-44,51-56H,10,13-17,20,30-41H2,1-8H3,(H,62,65). The third-order valence-corrected chi connectivity index (χ3v) is 18.6. The second kappa shape index (κ2) is 23.0. The summed E-state index contributed by atoms with van der Waals surface area (Å²) in [6, 6.07) is 26.4. The molecule has 0 radical (unpaired) electrons. The summed E-state index contributed by atoms with van der Waals surface area (Å²) in [6.45, 7) is 14.5. The normalized spacial score (nSPS) is 28.8. The number of carbonyl (C=O) groups is 2. The lowest BCUT2D eigenvalue weighted by molar-refractivity contribution is -0.130. The van der Waals surface area contributed by atoms with Gasteiger partial charge in [-0.05, 0) is 145 Å². The van der Waals surface area contributed by atoms with Crippen molar-refractivity contribution in [3.05, 3.63) is 107 Å².